The number of nitrogens with zero attached hydrogens (tertiary/aromatic N) is 2. The lowest BCUT2D eigenvalue weighted by atomic mass is 9.98. The van der Waals surface area contributed by atoms with E-state index in [-0.39, 0.29) is 5.56 Å². The van der Waals surface area contributed by atoms with Crippen LogP contribution in [0.25, 0.3) is 17.2 Å². The summed E-state index contributed by atoms with van der Waals surface area (Å²) in [5.74, 6) is 0.881. The van der Waals surface area contributed by atoms with Crippen LogP contribution in [0.15, 0.2) is 90.2 Å². The van der Waals surface area contributed by atoms with Crippen LogP contribution >= 0.6 is 11.8 Å². The molecule has 0 aliphatic heterocycles. The molecule has 238 valence electrons. The highest BCUT2D eigenvalue weighted by Gasteiger charge is 2.32. The lowest BCUT2D eigenvalue weighted by Crippen LogP contribution is -2.09. The van der Waals surface area contributed by atoms with Crippen LogP contribution in [-0.2, 0) is 28.0 Å². The van der Waals surface area contributed by atoms with Gasteiger partial charge in [-0.1, -0.05) is 38.5 Å². The highest BCUT2D eigenvalue weighted by atomic mass is 32.2. The summed E-state index contributed by atoms with van der Waals surface area (Å²) in [5.41, 5.74) is 2.07. The Kier molecular flexibility index (Phi) is 12.7. The van der Waals surface area contributed by atoms with Crippen LogP contribution in [-0.4, -0.2) is 35.3 Å². The zero-order valence-electron chi connectivity index (χ0n) is 25.5. The van der Waals surface area contributed by atoms with Crippen LogP contribution in [0.3, 0.4) is 0 Å². The van der Waals surface area contributed by atoms with Crippen molar-refractivity contribution >= 4 is 29.4 Å². The van der Waals surface area contributed by atoms with Crippen molar-refractivity contribution in [2.24, 2.45) is 0 Å². The van der Waals surface area contributed by atoms with Crippen molar-refractivity contribution in [3.05, 3.63) is 102 Å². The zero-order chi connectivity index (χ0) is 32.1. The summed E-state index contributed by atoms with van der Waals surface area (Å²) in [6.45, 7) is 6.74. The molecule has 4 rings (SSSR count). The highest BCUT2D eigenvalue weighted by molar-refractivity contribution is 7.98. The molecule has 10 heteroatoms. The zero-order valence-corrected chi connectivity index (χ0v) is 26.3. The van der Waals surface area contributed by atoms with Gasteiger partial charge >= 0.3 is 6.18 Å². The number of ether oxygens (including phenoxy) is 2. The van der Waals surface area contributed by atoms with E-state index in [9.17, 15) is 18.0 Å². The van der Waals surface area contributed by atoms with E-state index in [1.807, 2.05) is 24.7 Å². The Morgan fingerprint density at radius 1 is 0.956 bits per heavy atom. The molecule has 1 amide bonds. The molecule has 0 aliphatic carbocycles. The molecule has 3 aromatic carbocycles. The molecule has 1 N–H and O–H groups in total. The first-order valence-corrected chi connectivity index (χ1v) is 16.0. The lowest BCUT2D eigenvalue weighted by molar-refractivity contribution is -0.137. The van der Waals surface area contributed by atoms with Gasteiger partial charge in [0.15, 0.2) is 0 Å². The highest BCUT2D eigenvalue weighted by Crippen LogP contribution is 2.35. The molecule has 0 fully saturated rings. The number of unbranched alkanes of at least 4 members (excludes halogenated alkanes) is 1. The summed E-state index contributed by atoms with van der Waals surface area (Å²) < 4.78 is 54.7. The number of alkyl halides is 3. The molecule has 1 heterocycles. The standard InChI is InChI=1S/C35H38F3N3O3S/c1-3-5-19-43-20-21-44-31-12-6-26(7-13-31)27-8-16-33(35(36,37)38)28(22-27)9-17-34(42)40-29-10-14-32(15-11-29)45-24-30-23-39-25-41(30)18-4-2/h6-17,22-23,25H,3-5,18-21,24H2,1-2H3,(H,40,42)/b17-9+. The molecule has 0 bridgehead atoms. The summed E-state index contributed by atoms with van der Waals surface area (Å²) in [5, 5.41) is 2.72. The van der Waals surface area contributed by atoms with Gasteiger partial charge in [0.25, 0.3) is 0 Å². The van der Waals surface area contributed by atoms with Crippen molar-refractivity contribution in [3.63, 3.8) is 0 Å². The average Bonchev–Trinajstić information content (AvgIpc) is 3.48. The van der Waals surface area contributed by atoms with Gasteiger partial charge in [-0.3, -0.25) is 4.79 Å². The van der Waals surface area contributed by atoms with Crippen LogP contribution in [0, 0.1) is 0 Å². The van der Waals surface area contributed by atoms with Crippen LogP contribution in [0.1, 0.15) is 49.9 Å². The number of halogens is 3. The van der Waals surface area contributed by atoms with Gasteiger partial charge in [0, 0.05) is 47.5 Å². The molecule has 6 nitrogen and oxygen atoms in total. The van der Waals surface area contributed by atoms with E-state index in [2.05, 4.69) is 28.7 Å². The minimum atomic E-state index is -4.58. The summed E-state index contributed by atoms with van der Waals surface area (Å²) in [7, 11) is 0. The van der Waals surface area contributed by atoms with Gasteiger partial charge in [0.05, 0.1) is 18.5 Å². The van der Waals surface area contributed by atoms with Gasteiger partial charge in [-0.15, -0.1) is 11.8 Å². The van der Waals surface area contributed by atoms with E-state index < -0.39 is 17.6 Å². The molecule has 1 aromatic heterocycles. The number of imidazole rings is 1. The van der Waals surface area contributed by atoms with Gasteiger partial charge < -0.3 is 19.4 Å². The summed E-state index contributed by atoms with van der Waals surface area (Å²) >= 11 is 1.66. The fraction of sp³-hybridized carbons (Fsp3) is 0.314. The minimum Gasteiger partial charge on any atom is -0.491 e. The molecule has 45 heavy (non-hydrogen) atoms. The second-order valence-corrected chi connectivity index (χ2v) is 11.4. The molecule has 0 radical (unpaired) electrons. The third-order valence-electron chi connectivity index (χ3n) is 6.87. The lowest BCUT2D eigenvalue weighted by Gasteiger charge is -2.13. The van der Waals surface area contributed by atoms with Crippen LogP contribution in [0.2, 0.25) is 0 Å². The van der Waals surface area contributed by atoms with E-state index >= 15 is 0 Å². The van der Waals surface area contributed by atoms with E-state index in [0.717, 1.165) is 59.9 Å². The molecule has 4 aromatic rings. The SMILES string of the molecule is CCCCOCCOc1ccc(-c2ccc(C(F)(F)F)c(/C=C/C(=O)Nc3ccc(SCc4cncn4CCC)cc3)c2)cc1. The second kappa shape index (κ2) is 16.9. The number of aryl methyl sites for hydroxylation is 1. The topological polar surface area (TPSA) is 65.4 Å². The Labute approximate surface area is 266 Å². The molecular formula is C35H38F3N3O3S. The quantitative estimate of drug-likeness (QED) is 0.0754. The fourth-order valence-electron chi connectivity index (χ4n) is 4.50. The molecule has 0 atom stereocenters. The maximum Gasteiger partial charge on any atom is 0.416 e. The Morgan fingerprint density at radius 2 is 1.71 bits per heavy atom. The molecule has 0 spiro atoms. The van der Waals surface area contributed by atoms with E-state index in [0.29, 0.717) is 36.8 Å². The number of anilines is 1. The first kappa shape index (κ1) is 33.9. The molecule has 0 saturated heterocycles. The van der Waals surface area contributed by atoms with Crippen LogP contribution in [0.5, 0.6) is 5.75 Å². The summed E-state index contributed by atoms with van der Waals surface area (Å²) in [6.07, 6.45) is 4.53. The number of thioether (sulfide) groups is 1. The van der Waals surface area contributed by atoms with Crippen molar-refractivity contribution < 1.29 is 27.4 Å². The minimum absolute atomic E-state index is 0.103. The number of rotatable bonds is 16. The van der Waals surface area contributed by atoms with Crippen LogP contribution in [0.4, 0.5) is 18.9 Å². The van der Waals surface area contributed by atoms with Gasteiger partial charge in [0.1, 0.15) is 12.4 Å². The Hall–Kier alpha value is -4.02. The van der Waals surface area contributed by atoms with Gasteiger partial charge in [0.2, 0.25) is 5.91 Å². The molecular weight excluding hydrogens is 599 g/mol. The normalized spacial score (nSPS) is 11.7. The largest absolute Gasteiger partial charge is 0.491 e. The molecule has 0 aliphatic rings. The van der Waals surface area contributed by atoms with Crippen molar-refractivity contribution in [1.29, 1.82) is 0 Å². The Balaban J connectivity index is 1.37. The fourth-order valence-corrected chi connectivity index (χ4v) is 5.38. The van der Waals surface area contributed by atoms with E-state index in [4.69, 9.17) is 9.47 Å². The maximum absolute atomic E-state index is 13.8. The first-order chi connectivity index (χ1) is 21.8. The predicted molar refractivity (Wildman–Crippen MR) is 174 cm³/mol. The monoisotopic (exact) mass is 637 g/mol. The van der Waals surface area contributed by atoms with Crippen molar-refractivity contribution in [1.82, 2.24) is 9.55 Å². The number of hydrogen-bond donors (Lipinski definition) is 1. The second-order valence-electron chi connectivity index (χ2n) is 10.4. The number of nitrogens with one attached hydrogen (secondary N) is 1. The molecule has 0 unspecified atom stereocenters. The molecule has 0 saturated carbocycles. The smallest absolute Gasteiger partial charge is 0.416 e. The van der Waals surface area contributed by atoms with Crippen molar-refractivity contribution in [3.8, 4) is 16.9 Å². The van der Waals surface area contributed by atoms with Crippen molar-refractivity contribution in [2.75, 3.05) is 25.1 Å². The predicted octanol–water partition coefficient (Wildman–Crippen LogP) is 9.12. The number of benzene rings is 3. The van der Waals surface area contributed by atoms with Gasteiger partial charge in [-0.25, -0.2) is 4.98 Å². The number of amides is 1. The van der Waals surface area contributed by atoms with Crippen molar-refractivity contribution in [2.45, 2.75) is 56.5 Å². The average molecular weight is 638 g/mol. The third kappa shape index (κ3) is 10.5. The van der Waals surface area contributed by atoms with Crippen LogP contribution < -0.4 is 10.1 Å². The summed E-state index contributed by atoms with van der Waals surface area (Å²) in [4.78, 5) is 17.9. The van der Waals surface area contributed by atoms with E-state index in [1.54, 1.807) is 48.2 Å². The van der Waals surface area contributed by atoms with Gasteiger partial charge in [-0.05, 0) is 84.1 Å². The number of aromatic nitrogens is 2. The van der Waals surface area contributed by atoms with E-state index in [1.165, 1.54) is 18.2 Å². The maximum atomic E-state index is 13.8. The first-order valence-electron chi connectivity index (χ1n) is 15.0. The third-order valence-corrected chi connectivity index (χ3v) is 7.91. The van der Waals surface area contributed by atoms with Gasteiger partial charge in [-0.2, -0.15) is 13.2 Å². The number of hydrogen-bond acceptors (Lipinski definition) is 5. The summed E-state index contributed by atoms with van der Waals surface area (Å²) in [6, 6.07) is 18.4. The number of carbonyl (C=O) groups excluding carboxylic acids is 1. The number of carbonyl (C=O) groups is 1. The Morgan fingerprint density at radius 3 is 2.42 bits per heavy atom. The Bertz CT molecular complexity index is 1530.